The van der Waals surface area contributed by atoms with Gasteiger partial charge in [0, 0.05) is 64.9 Å². The fraction of sp³-hybridized carbons (Fsp3) is 0.533. The van der Waals surface area contributed by atoms with Crippen LogP contribution in [0.4, 0.5) is 0 Å². The van der Waals surface area contributed by atoms with Crippen LogP contribution in [0.2, 0.25) is 0 Å². The van der Waals surface area contributed by atoms with Gasteiger partial charge in [-0.05, 0) is 19.1 Å². The molecule has 0 aliphatic carbocycles. The first-order chi connectivity index (χ1) is 10.9. The van der Waals surface area contributed by atoms with E-state index in [1.54, 1.807) is 24.7 Å². The highest BCUT2D eigenvalue weighted by Crippen LogP contribution is 2.17. The Bertz CT molecular complexity index is 765. The molecular weight excluding hydrogens is 314 g/mol. The summed E-state index contributed by atoms with van der Waals surface area (Å²) in [6.07, 6.45) is 3.61. The van der Waals surface area contributed by atoms with Crippen molar-refractivity contribution in [2.45, 2.75) is 18.5 Å². The first-order valence-electron chi connectivity index (χ1n) is 7.70. The van der Waals surface area contributed by atoms with Crippen LogP contribution in [0, 0.1) is 6.92 Å². The fourth-order valence-corrected chi connectivity index (χ4v) is 4.25. The molecule has 8 heteroatoms. The van der Waals surface area contributed by atoms with Gasteiger partial charge in [0.1, 0.15) is 5.82 Å². The van der Waals surface area contributed by atoms with Crippen molar-refractivity contribution in [2.24, 2.45) is 14.1 Å². The summed E-state index contributed by atoms with van der Waals surface area (Å²) in [4.78, 5) is 6.45. The van der Waals surface area contributed by atoms with Crippen molar-refractivity contribution in [3.8, 4) is 0 Å². The normalized spacial score (nSPS) is 17.7. The summed E-state index contributed by atoms with van der Waals surface area (Å²) in [5, 5.41) is 0.147. The smallest absolute Gasteiger partial charge is 0.262 e. The van der Waals surface area contributed by atoms with E-state index in [1.807, 2.05) is 19.3 Å². The topological polar surface area (TPSA) is 63.4 Å². The lowest BCUT2D eigenvalue weighted by atomic mass is 10.3. The number of piperazine rings is 1. The molecule has 3 heterocycles. The van der Waals surface area contributed by atoms with Gasteiger partial charge < -0.3 is 9.13 Å². The molecule has 1 fully saturated rings. The highest BCUT2D eigenvalue weighted by Gasteiger charge is 2.30. The highest BCUT2D eigenvalue weighted by molar-refractivity contribution is 7.89. The molecule has 0 radical (unpaired) electrons. The van der Waals surface area contributed by atoms with Crippen molar-refractivity contribution >= 4 is 10.0 Å². The molecule has 7 nitrogen and oxygen atoms in total. The number of hydrogen-bond donors (Lipinski definition) is 0. The van der Waals surface area contributed by atoms with Crippen LogP contribution in [-0.2, 0) is 30.7 Å². The second-order valence-corrected chi connectivity index (χ2v) is 7.91. The molecule has 0 bridgehead atoms. The zero-order valence-corrected chi connectivity index (χ0v) is 14.6. The van der Waals surface area contributed by atoms with E-state index in [0.717, 1.165) is 19.6 Å². The average Bonchev–Trinajstić information content (AvgIpc) is 3.07. The van der Waals surface area contributed by atoms with Crippen molar-refractivity contribution < 1.29 is 8.42 Å². The van der Waals surface area contributed by atoms with Gasteiger partial charge in [0.05, 0.1) is 0 Å². The van der Waals surface area contributed by atoms with Crippen molar-refractivity contribution in [1.82, 2.24) is 23.3 Å². The monoisotopic (exact) mass is 337 g/mol. The van der Waals surface area contributed by atoms with Crippen LogP contribution in [0.3, 0.4) is 0 Å². The standard InChI is InChI=1S/C15H23N5O2S/c1-13-16-15(12-18(13)3)23(21,22)20-9-7-19(8-10-20)11-14-5-4-6-17(14)2/h4-6,12H,7-11H2,1-3H3. The van der Waals surface area contributed by atoms with Gasteiger partial charge in [0.15, 0.2) is 5.03 Å². The van der Waals surface area contributed by atoms with Crippen molar-refractivity contribution in [3.63, 3.8) is 0 Å². The second-order valence-electron chi connectivity index (χ2n) is 6.03. The first-order valence-corrected chi connectivity index (χ1v) is 9.14. The zero-order chi connectivity index (χ0) is 16.6. The lowest BCUT2D eigenvalue weighted by Crippen LogP contribution is -2.48. The second kappa shape index (κ2) is 6.10. The van der Waals surface area contributed by atoms with Crippen molar-refractivity contribution in [2.75, 3.05) is 26.2 Å². The third kappa shape index (κ3) is 3.19. The molecule has 0 amide bonds. The summed E-state index contributed by atoms with van der Waals surface area (Å²) in [7, 11) is 0.344. The minimum atomic E-state index is -3.49. The maximum absolute atomic E-state index is 12.7. The van der Waals surface area contributed by atoms with E-state index in [9.17, 15) is 8.42 Å². The minimum absolute atomic E-state index is 0.147. The van der Waals surface area contributed by atoms with Gasteiger partial charge in [-0.1, -0.05) is 0 Å². The molecule has 0 atom stereocenters. The van der Waals surface area contributed by atoms with Crippen molar-refractivity contribution in [1.29, 1.82) is 0 Å². The Labute approximate surface area is 137 Å². The SMILES string of the molecule is Cc1nc(S(=O)(=O)N2CCN(Cc3cccn3C)CC2)cn1C. The van der Waals surface area contributed by atoms with Crippen LogP contribution < -0.4 is 0 Å². The van der Waals surface area contributed by atoms with Gasteiger partial charge in [-0.25, -0.2) is 13.4 Å². The van der Waals surface area contributed by atoms with Crippen LogP contribution in [0.15, 0.2) is 29.6 Å². The quantitative estimate of drug-likeness (QED) is 0.818. The van der Waals surface area contributed by atoms with Crippen molar-refractivity contribution in [3.05, 3.63) is 36.0 Å². The van der Waals surface area contributed by atoms with Crippen LogP contribution >= 0.6 is 0 Å². The lowest BCUT2D eigenvalue weighted by Gasteiger charge is -2.33. The van der Waals surface area contributed by atoms with Gasteiger partial charge >= 0.3 is 0 Å². The zero-order valence-electron chi connectivity index (χ0n) is 13.8. The number of imidazole rings is 1. The molecule has 0 aromatic carbocycles. The van der Waals surface area contributed by atoms with Gasteiger partial charge in [0.2, 0.25) is 0 Å². The van der Waals surface area contributed by atoms with Gasteiger partial charge in [-0.2, -0.15) is 4.31 Å². The maximum atomic E-state index is 12.7. The Balaban J connectivity index is 1.65. The number of nitrogens with zero attached hydrogens (tertiary/aromatic N) is 5. The van der Waals surface area contributed by atoms with E-state index < -0.39 is 10.0 Å². The average molecular weight is 337 g/mol. The van der Waals surface area contributed by atoms with E-state index in [4.69, 9.17) is 0 Å². The molecule has 1 saturated heterocycles. The Morgan fingerprint density at radius 3 is 2.35 bits per heavy atom. The van der Waals surface area contributed by atoms with Gasteiger partial charge in [0.25, 0.3) is 10.0 Å². The summed E-state index contributed by atoms with van der Waals surface area (Å²) in [6.45, 7) is 5.12. The molecule has 1 aliphatic rings. The third-order valence-electron chi connectivity index (χ3n) is 4.46. The Morgan fingerprint density at radius 1 is 1.13 bits per heavy atom. The van der Waals surface area contributed by atoms with Crippen LogP contribution in [0.5, 0.6) is 0 Å². The molecule has 2 aromatic heterocycles. The maximum Gasteiger partial charge on any atom is 0.262 e. The predicted octanol–water partition coefficient (Wildman–Crippen LogP) is 0.574. The summed E-state index contributed by atoms with van der Waals surface area (Å²) in [5.74, 6) is 0.700. The molecule has 1 aliphatic heterocycles. The molecule has 0 saturated carbocycles. The van der Waals surface area contributed by atoms with E-state index in [2.05, 4.69) is 20.5 Å². The van der Waals surface area contributed by atoms with E-state index >= 15 is 0 Å². The van der Waals surface area contributed by atoms with E-state index in [-0.39, 0.29) is 5.03 Å². The van der Waals surface area contributed by atoms with Gasteiger partial charge in [-0.3, -0.25) is 4.90 Å². The Morgan fingerprint density at radius 2 is 1.83 bits per heavy atom. The number of aryl methyl sites for hydroxylation is 3. The predicted molar refractivity (Wildman–Crippen MR) is 87.4 cm³/mol. The van der Waals surface area contributed by atoms with Crippen LogP contribution in [0.1, 0.15) is 11.5 Å². The number of hydrogen-bond acceptors (Lipinski definition) is 4. The molecule has 3 rings (SSSR count). The third-order valence-corrected chi connectivity index (χ3v) is 6.23. The van der Waals surface area contributed by atoms with Crippen LogP contribution in [0.25, 0.3) is 0 Å². The molecule has 126 valence electrons. The highest BCUT2D eigenvalue weighted by atomic mass is 32.2. The molecule has 0 spiro atoms. The summed E-state index contributed by atoms with van der Waals surface area (Å²) in [5.41, 5.74) is 1.24. The Hall–Kier alpha value is -1.64. The largest absolute Gasteiger partial charge is 0.353 e. The first kappa shape index (κ1) is 16.2. The summed E-state index contributed by atoms with van der Waals surface area (Å²) < 4.78 is 30.7. The van der Waals surface area contributed by atoms with E-state index in [0.29, 0.717) is 18.9 Å². The Kier molecular flexibility index (Phi) is 4.31. The molecule has 23 heavy (non-hydrogen) atoms. The lowest BCUT2D eigenvalue weighted by molar-refractivity contribution is 0.178. The number of sulfonamides is 1. The van der Waals surface area contributed by atoms with E-state index in [1.165, 1.54) is 10.00 Å². The van der Waals surface area contributed by atoms with Gasteiger partial charge in [-0.15, -0.1) is 0 Å². The fourth-order valence-electron chi connectivity index (χ4n) is 2.80. The molecular formula is C15H23N5O2S. The van der Waals surface area contributed by atoms with Crippen LogP contribution in [-0.4, -0.2) is 57.9 Å². The number of aromatic nitrogens is 3. The minimum Gasteiger partial charge on any atom is -0.353 e. The molecule has 0 unspecified atom stereocenters. The number of rotatable bonds is 4. The molecule has 0 N–H and O–H groups in total. The summed E-state index contributed by atoms with van der Waals surface area (Å²) in [6, 6.07) is 4.12. The summed E-state index contributed by atoms with van der Waals surface area (Å²) >= 11 is 0. The molecule has 2 aromatic rings.